The predicted molar refractivity (Wildman–Crippen MR) is 77.9 cm³/mol. The predicted octanol–water partition coefficient (Wildman–Crippen LogP) is 2.18. The molecule has 0 aliphatic heterocycles. The minimum atomic E-state index is -0.194. The van der Waals surface area contributed by atoms with Crippen molar-refractivity contribution in [2.24, 2.45) is 0 Å². The number of amides is 2. The molecular formula is C16H18N2O2. The molecule has 0 aliphatic carbocycles. The number of nitrogens with one attached hydrogen (secondary N) is 2. The van der Waals surface area contributed by atoms with Gasteiger partial charge in [0, 0.05) is 13.1 Å². The van der Waals surface area contributed by atoms with Gasteiger partial charge in [0.1, 0.15) is 0 Å². The summed E-state index contributed by atoms with van der Waals surface area (Å²) < 4.78 is 0. The van der Waals surface area contributed by atoms with E-state index in [0.29, 0.717) is 13.1 Å². The molecule has 0 bridgehead atoms. The Hall–Kier alpha value is -2.33. The summed E-state index contributed by atoms with van der Waals surface area (Å²) in [6.07, 6.45) is 0. The maximum atomic E-state index is 11.7. The van der Waals surface area contributed by atoms with E-state index in [2.05, 4.69) is 10.6 Å². The van der Waals surface area contributed by atoms with Gasteiger partial charge in [-0.05, 0) is 16.7 Å². The van der Waals surface area contributed by atoms with E-state index >= 15 is 0 Å². The highest BCUT2D eigenvalue weighted by atomic mass is 16.3. The average molecular weight is 270 g/mol. The van der Waals surface area contributed by atoms with Gasteiger partial charge in [-0.3, -0.25) is 0 Å². The van der Waals surface area contributed by atoms with E-state index in [1.54, 1.807) is 0 Å². The van der Waals surface area contributed by atoms with E-state index in [0.717, 1.165) is 16.7 Å². The van der Waals surface area contributed by atoms with Crippen molar-refractivity contribution in [1.82, 2.24) is 10.6 Å². The van der Waals surface area contributed by atoms with Crippen molar-refractivity contribution < 1.29 is 9.90 Å². The molecule has 0 heterocycles. The fraction of sp³-hybridized carbons (Fsp3) is 0.188. The molecule has 104 valence electrons. The van der Waals surface area contributed by atoms with Gasteiger partial charge in [0.25, 0.3) is 0 Å². The molecule has 0 unspecified atom stereocenters. The Morgan fingerprint density at radius 3 is 1.85 bits per heavy atom. The largest absolute Gasteiger partial charge is 0.392 e. The maximum Gasteiger partial charge on any atom is 0.315 e. The lowest BCUT2D eigenvalue weighted by atomic mass is 10.1. The molecule has 4 heteroatoms. The second-order valence-corrected chi connectivity index (χ2v) is 4.50. The molecule has 2 amide bonds. The number of carbonyl (C=O) groups is 1. The van der Waals surface area contributed by atoms with Gasteiger partial charge in [-0.15, -0.1) is 0 Å². The number of urea groups is 1. The van der Waals surface area contributed by atoms with Gasteiger partial charge in [0.15, 0.2) is 0 Å². The second kappa shape index (κ2) is 7.31. The van der Waals surface area contributed by atoms with Crippen LogP contribution in [0.3, 0.4) is 0 Å². The molecule has 3 N–H and O–H groups in total. The smallest absolute Gasteiger partial charge is 0.315 e. The highest BCUT2D eigenvalue weighted by Crippen LogP contribution is 2.04. The quantitative estimate of drug-likeness (QED) is 0.780. The fourth-order valence-electron chi connectivity index (χ4n) is 1.79. The molecule has 0 spiro atoms. The van der Waals surface area contributed by atoms with Crippen molar-refractivity contribution in [3.63, 3.8) is 0 Å². The summed E-state index contributed by atoms with van der Waals surface area (Å²) in [4.78, 5) is 11.7. The lowest BCUT2D eigenvalue weighted by Crippen LogP contribution is -2.34. The molecule has 0 saturated carbocycles. The number of aliphatic hydroxyl groups excluding tert-OH is 1. The zero-order chi connectivity index (χ0) is 14.2. The molecule has 2 aromatic rings. The van der Waals surface area contributed by atoms with Crippen LogP contribution in [0.25, 0.3) is 0 Å². The van der Waals surface area contributed by atoms with Crippen LogP contribution < -0.4 is 10.6 Å². The first-order valence-corrected chi connectivity index (χ1v) is 6.52. The molecule has 0 radical (unpaired) electrons. The van der Waals surface area contributed by atoms with Gasteiger partial charge in [-0.25, -0.2) is 4.79 Å². The first-order chi connectivity index (χ1) is 9.78. The number of benzene rings is 2. The number of rotatable bonds is 5. The summed E-state index contributed by atoms with van der Waals surface area (Å²) in [6, 6.07) is 17.0. The molecule has 20 heavy (non-hydrogen) atoms. The first-order valence-electron chi connectivity index (χ1n) is 6.52. The van der Waals surface area contributed by atoms with Crippen molar-refractivity contribution in [1.29, 1.82) is 0 Å². The van der Waals surface area contributed by atoms with Crippen molar-refractivity contribution in [3.8, 4) is 0 Å². The first kappa shape index (κ1) is 14.1. The summed E-state index contributed by atoms with van der Waals surface area (Å²) in [7, 11) is 0. The molecule has 0 atom stereocenters. The van der Waals surface area contributed by atoms with Crippen molar-refractivity contribution >= 4 is 6.03 Å². The van der Waals surface area contributed by atoms with Crippen molar-refractivity contribution in [3.05, 3.63) is 71.3 Å². The minimum absolute atomic E-state index is 0.0330. The van der Waals surface area contributed by atoms with Crippen LogP contribution in [0.4, 0.5) is 4.79 Å². The number of aliphatic hydroxyl groups is 1. The zero-order valence-electron chi connectivity index (χ0n) is 11.2. The van der Waals surface area contributed by atoms with Crippen LogP contribution in [0.1, 0.15) is 16.7 Å². The number of carbonyl (C=O) groups excluding carboxylic acids is 1. The Balaban J connectivity index is 1.74. The normalized spacial score (nSPS) is 10.1. The number of hydrogen-bond donors (Lipinski definition) is 3. The Bertz CT molecular complexity index is 538. The van der Waals surface area contributed by atoms with Crippen LogP contribution in [-0.2, 0) is 19.7 Å². The standard InChI is InChI=1S/C16H18N2O2/c19-12-15-8-6-14(7-9-15)11-18-16(20)17-10-13-4-2-1-3-5-13/h1-9,19H,10-12H2,(H2,17,18,20). The maximum absolute atomic E-state index is 11.7. The third-order valence-electron chi connectivity index (χ3n) is 2.95. The molecule has 0 aromatic heterocycles. The monoisotopic (exact) mass is 270 g/mol. The van der Waals surface area contributed by atoms with E-state index < -0.39 is 0 Å². The lowest BCUT2D eigenvalue weighted by molar-refractivity contribution is 0.240. The fourth-order valence-corrected chi connectivity index (χ4v) is 1.79. The molecule has 0 aliphatic rings. The topological polar surface area (TPSA) is 61.4 Å². The van der Waals surface area contributed by atoms with Crippen molar-refractivity contribution in [2.45, 2.75) is 19.7 Å². The van der Waals surface area contributed by atoms with Gasteiger partial charge in [0.2, 0.25) is 0 Å². The number of hydrogen-bond acceptors (Lipinski definition) is 2. The molecule has 0 fully saturated rings. The average Bonchev–Trinajstić information content (AvgIpc) is 2.52. The third-order valence-corrected chi connectivity index (χ3v) is 2.95. The van der Waals surface area contributed by atoms with Gasteiger partial charge in [-0.1, -0.05) is 54.6 Å². The Kier molecular flexibility index (Phi) is 5.15. The van der Waals surface area contributed by atoms with Crippen LogP contribution in [0.2, 0.25) is 0 Å². The van der Waals surface area contributed by atoms with E-state index in [9.17, 15) is 4.79 Å². The van der Waals surface area contributed by atoms with Gasteiger partial charge in [-0.2, -0.15) is 0 Å². The highest BCUT2D eigenvalue weighted by molar-refractivity contribution is 5.73. The van der Waals surface area contributed by atoms with Crippen LogP contribution in [0.15, 0.2) is 54.6 Å². The summed E-state index contributed by atoms with van der Waals surface area (Å²) in [6.45, 7) is 1.01. The summed E-state index contributed by atoms with van der Waals surface area (Å²) >= 11 is 0. The Labute approximate surface area is 118 Å². The van der Waals surface area contributed by atoms with Crippen molar-refractivity contribution in [2.75, 3.05) is 0 Å². The molecule has 0 saturated heterocycles. The summed E-state index contributed by atoms with van der Waals surface area (Å²) in [5.41, 5.74) is 2.93. The van der Waals surface area contributed by atoms with Crippen LogP contribution >= 0.6 is 0 Å². The van der Waals surface area contributed by atoms with Gasteiger partial charge in [0.05, 0.1) is 6.61 Å². The van der Waals surface area contributed by atoms with Gasteiger partial charge < -0.3 is 15.7 Å². The molecule has 2 aromatic carbocycles. The molecule has 2 rings (SSSR count). The third kappa shape index (κ3) is 4.40. The summed E-state index contributed by atoms with van der Waals surface area (Å²) in [5.74, 6) is 0. The Morgan fingerprint density at radius 1 is 0.800 bits per heavy atom. The lowest BCUT2D eigenvalue weighted by Gasteiger charge is -2.08. The van der Waals surface area contributed by atoms with Crippen LogP contribution in [0, 0.1) is 0 Å². The second-order valence-electron chi connectivity index (χ2n) is 4.50. The highest BCUT2D eigenvalue weighted by Gasteiger charge is 2.00. The van der Waals surface area contributed by atoms with Crippen LogP contribution in [-0.4, -0.2) is 11.1 Å². The minimum Gasteiger partial charge on any atom is -0.392 e. The van der Waals surface area contributed by atoms with E-state index in [1.807, 2.05) is 54.6 Å². The van der Waals surface area contributed by atoms with E-state index in [-0.39, 0.29) is 12.6 Å². The molecular weight excluding hydrogens is 252 g/mol. The van der Waals surface area contributed by atoms with Gasteiger partial charge >= 0.3 is 6.03 Å². The SMILES string of the molecule is O=C(NCc1ccccc1)NCc1ccc(CO)cc1. The Morgan fingerprint density at radius 2 is 1.30 bits per heavy atom. The summed E-state index contributed by atoms with van der Waals surface area (Å²) in [5, 5.41) is 14.5. The molecule has 4 nitrogen and oxygen atoms in total. The van der Waals surface area contributed by atoms with E-state index in [4.69, 9.17) is 5.11 Å². The van der Waals surface area contributed by atoms with E-state index in [1.165, 1.54) is 0 Å². The zero-order valence-corrected chi connectivity index (χ0v) is 11.2. The van der Waals surface area contributed by atoms with Crippen LogP contribution in [0.5, 0.6) is 0 Å².